The fourth-order valence-electron chi connectivity index (χ4n) is 0.928. The summed E-state index contributed by atoms with van der Waals surface area (Å²) in [5, 5.41) is 3.03. The molecule has 1 amide bonds. The predicted molar refractivity (Wildman–Crippen MR) is 46.4 cm³/mol. The lowest BCUT2D eigenvalue weighted by molar-refractivity contribution is -0.131. The molecule has 1 atom stereocenters. The first-order valence-corrected chi connectivity index (χ1v) is 4.03. The quantitative estimate of drug-likeness (QED) is 0.644. The Bertz CT molecular complexity index is 125. The Kier molecular flexibility index (Phi) is 4.86. The van der Waals surface area contributed by atoms with Crippen molar-refractivity contribution in [3.63, 3.8) is 0 Å². The third kappa shape index (κ3) is 3.37. The highest BCUT2D eigenvalue weighted by Gasteiger charge is 2.11. The molecule has 11 heavy (non-hydrogen) atoms. The van der Waals surface area contributed by atoms with Gasteiger partial charge in [0, 0.05) is 26.1 Å². The fourth-order valence-corrected chi connectivity index (χ4v) is 0.928. The van der Waals surface area contributed by atoms with Gasteiger partial charge in [-0.25, -0.2) is 0 Å². The van der Waals surface area contributed by atoms with Gasteiger partial charge >= 0.3 is 0 Å². The zero-order valence-electron chi connectivity index (χ0n) is 7.85. The van der Waals surface area contributed by atoms with E-state index in [1.165, 1.54) is 0 Å². The van der Waals surface area contributed by atoms with Gasteiger partial charge in [-0.2, -0.15) is 0 Å². The lowest BCUT2D eigenvalue weighted by Crippen LogP contribution is -2.40. The molecule has 0 heterocycles. The minimum Gasteiger partial charge on any atom is -0.342 e. The molecule has 0 spiro atoms. The van der Waals surface area contributed by atoms with Crippen molar-refractivity contribution >= 4 is 5.91 Å². The number of nitrogens with zero attached hydrogens (tertiary/aromatic N) is 1. The zero-order valence-corrected chi connectivity index (χ0v) is 7.85. The molecule has 0 radical (unpaired) electrons. The summed E-state index contributed by atoms with van der Waals surface area (Å²) in [6, 6.07) is 0.285. The van der Waals surface area contributed by atoms with Crippen molar-refractivity contribution in [2.75, 3.05) is 20.6 Å². The summed E-state index contributed by atoms with van der Waals surface area (Å²) < 4.78 is 0. The number of nitrogens with one attached hydrogen (secondary N) is 1. The lowest BCUT2D eigenvalue weighted by atomic mass is 10.3. The van der Waals surface area contributed by atoms with Gasteiger partial charge in [-0.05, 0) is 14.0 Å². The van der Waals surface area contributed by atoms with Crippen molar-refractivity contribution in [1.82, 2.24) is 10.2 Å². The fraction of sp³-hybridized carbons (Fsp3) is 0.875. The molecule has 0 aliphatic carbocycles. The Labute approximate surface area is 68.8 Å². The van der Waals surface area contributed by atoms with Crippen LogP contribution in [0.3, 0.4) is 0 Å². The van der Waals surface area contributed by atoms with E-state index in [-0.39, 0.29) is 11.9 Å². The molecule has 3 heteroatoms. The molecule has 0 aromatic carbocycles. The Balaban J connectivity index is 3.80. The maximum atomic E-state index is 11.1. The van der Waals surface area contributed by atoms with Crippen LogP contribution < -0.4 is 5.32 Å². The average molecular weight is 158 g/mol. The molecule has 0 saturated carbocycles. The molecule has 1 N–H and O–H groups in total. The van der Waals surface area contributed by atoms with Gasteiger partial charge in [0.05, 0.1) is 0 Å². The van der Waals surface area contributed by atoms with Crippen molar-refractivity contribution in [2.45, 2.75) is 26.3 Å². The highest BCUT2D eigenvalue weighted by atomic mass is 16.2. The second-order valence-corrected chi connectivity index (χ2v) is 2.76. The molecule has 1 unspecified atom stereocenters. The third-order valence-electron chi connectivity index (χ3n) is 1.86. The van der Waals surface area contributed by atoms with Crippen LogP contribution in [0.1, 0.15) is 20.3 Å². The van der Waals surface area contributed by atoms with Gasteiger partial charge in [0.25, 0.3) is 0 Å². The topological polar surface area (TPSA) is 32.3 Å². The van der Waals surface area contributed by atoms with Gasteiger partial charge in [0.1, 0.15) is 0 Å². The Morgan fingerprint density at radius 3 is 2.55 bits per heavy atom. The van der Waals surface area contributed by atoms with Crippen LogP contribution in [0.15, 0.2) is 0 Å². The first kappa shape index (κ1) is 10.4. The molecular weight excluding hydrogens is 140 g/mol. The molecule has 0 bridgehead atoms. The van der Waals surface area contributed by atoms with Crippen LogP contribution in [0.2, 0.25) is 0 Å². The second-order valence-electron chi connectivity index (χ2n) is 2.76. The summed E-state index contributed by atoms with van der Waals surface area (Å²) in [4.78, 5) is 12.9. The molecule has 3 nitrogen and oxygen atoms in total. The first-order valence-electron chi connectivity index (χ1n) is 4.03. The molecule has 0 aromatic heterocycles. The minimum atomic E-state index is 0.202. The molecule has 0 rings (SSSR count). The van der Waals surface area contributed by atoms with Crippen LogP contribution >= 0.6 is 0 Å². The molecule has 0 aromatic rings. The summed E-state index contributed by atoms with van der Waals surface area (Å²) in [7, 11) is 3.73. The van der Waals surface area contributed by atoms with Crippen molar-refractivity contribution in [2.24, 2.45) is 0 Å². The minimum absolute atomic E-state index is 0.202. The standard InChI is InChI=1S/C8H18N2O/c1-5-8(11)10(4)7(2)6-9-3/h7,9H,5-6H2,1-4H3. The SMILES string of the molecule is CCC(=O)N(C)C(C)CNC. The van der Waals surface area contributed by atoms with Crippen LogP contribution in [0.25, 0.3) is 0 Å². The van der Waals surface area contributed by atoms with Gasteiger partial charge < -0.3 is 10.2 Å². The van der Waals surface area contributed by atoms with Gasteiger partial charge in [0.2, 0.25) is 5.91 Å². The first-order chi connectivity index (χ1) is 5.13. The third-order valence-corrected chi connectivity index (χ3v) is 1.86. The Morgan fingerprint density at radius 2 is 2.18 bits per heavy atom. The van der Waals surface area contributed by atoms with E-state index in [0.29, 0.717) is 6.42 Å². The number of amides is 1. The number of carbonyl (C=O) groups excluding carboxylic acids is 1. The molecule has 0 saturated heterocycles. The molecule has 66 valence electrons. The van der Waals surface area contributed by atoms with E-state index in [9.17, 15) is 4.79 Å². The number of hydrogen-bond acceptors (Lipinski definition) is 2. The Morgan fingerprint density at radius 1 is 1.64 bits per heavy atom. The number of hydrogen-bond donors (Lipinski definition) is 1. The van der Waals surface area contributed by atoms with E-state index in [1.807, 2.05) is 27.9 Å². The maximum absolute atomic E-state index is 11.1. The monoisotopic (exact) mass is 158 g/mol. The summed E-state index contributed by atoms with van der Waals surface area (Å²) in [5.74, 6) is 0.202. The van der Waals surface area contributed by atoms with Crippen molar-refractivity contribution in [3.05, 3.63) is 0 Å². The molecular formula is C8H18N2O. The summed E-state index contributed by atoms with van der Waals surface area (Å²) in [6.07, 6.45) is 0.588. The number of carbonyl (C=O) groups is 1. The van der Waals surface area contributed by atoms with Crippen LogP contribution in [0, 0.1) is 0 Å². The van der Waals surface area contributed by atoms with Gasteiger partial charge in [-0.1, -0.05) is 6.92 Å². The van der Waals surface area contributed by atoms with E-state index < -0.39 is 0 Å². The molecule has 0 fully saturated rings. The average Bonchev–Trinajstić information content (AvgIpc) is 2.02. The summed E-state index contributed by atoms with van der Waals surface area (Å²) >= 11 is 0. The van der Waals surface area contributed by atoms with Gasteiger partial charge in [-0.15, -0.1) is 0 Å². The highest BCUT2D eigenvalue weighted by Crippen LogP contribution is 1.96. The van der Waals surface area contributed by atoms with Crippen molar-refractivity contribution in [1.29, 1.82) is 0 Å². The number of likely N-dealkylation sites (N-methyl/N-ethyl adjacent to an activating group) is 2. The zero-order chi connectivity index (χ0) is 8.85. The van der Waals surface area contributed by atoms with E-state index in [1.54, 1.807) is 4.90 Å². The summed E-state index contributed by atoms with van der Waals surface area (Å²) in [5.41, 5.74) is 0. The Hall–Kier alpha value is -0.570. The van der Waals surface area contributed by atoms with Gasteiger partial charge in [-0.3, -0.25) is 4.79 Å². The van der Waals surface area contributed by atoms with E-state index in [4.69, 9.17) is 0 Å². The van der Waals surface area contributed by atoms with E-state index >= 15 is 0 Å². The largest absolute Gasteiger partial charge is 0.342 e. The predicted octanol–water partition coefficient (Wildman–Crippen LogP) is 0.463. The van der Waals surface area contributed by atoms with Gasteiger partial charge in [0.15, 0.2) is 0 Å². The normalized spacial score (nSPS) is 12.7. The molecule has 0 aliphatic heterocycles. The van der Waals surface area contributed by atoms with Crippen LogP contribution in [0.5, 0.6) is 0 Å². The van der Waals surface area contributed by atoms with Crippen molar-refractivity contribution < 1.29 is 4.79 Å². The van der Waals surface area contributed by atoms with Crippen LogP contribution in [-0.4, -0.2) is 37.5 Å². The van der Waals surface area contributed by atoms with Crippen molar-refractivity contribution in [3.8, 4) is 0 Å². The second kappa shape index (κ2) is 5.13. The summed E-state index contributed by atoms with van der Waals surface area (Å²) in [6.45, 7) is 4.76. The smallest absolute Gasteiger partial charge is 0.222 e. The number of rotatable bonds is 4. The highest BCUT2D eigenvalue weighted by molar-refractivity contribution is 5.75. The lowest BCUT2D eigenvalue weighted by Gasteiger charge is -2.24. The van der Waals surface area contributed by atoms with E-state index in [2.05, 4.69) is 5.32 Å². The van der Waals surface area contributed by atoms with Crippen LogP contribution in [-0.2, 0) is 4.79 Å². The van der Waals surface area contributed by atoms with E-state index in [0.717, 1.165) is 6.54 Å². The maximum Gasteiger partial charge on any atom is 0.222 e. The molecule has 0 aliphatic rings. The van der Waals surface area contributed by atoms with Crippen LogP contribution in [0.4, 0.5) is 0 Å².